The molecule has 0 heterocycles. The van der Waals surface area contributed by atoms with Gasteiger partial charge in [-0.2, -0.15) is 0 Å². The van der Waals surface area contributed by atoms with Crippen molar-refractivity contribution in [1.82, 2.24) is 0 Å². The molecule has 124 valence electrons. The molecule has 0 amide bonds. The first kappa shape index (κ1) is 15.5. The Morgan fingerprint density at radius 1 is 0.727 bits per heavy atom. The van der Waals surface area contributed by atoms with Crippen LogP contribution in [0.4, 0.5) is 0 Å². The lowest BCUT2D eigenvalue weighted by Gasteiger charge is -2.65. The van der Waals surface area contributed by atoms with Crippen LogP contribution in [0.5, 0.6) is 0 Å². The fourth-order valence-electron chi connectivity index (χ4n) is 7.60. The molecule has 6 fully saturated rings. The Hall–Kier alpha value is 0.0249. The van der Waals surface area contributed by atoms with Crippen molar-refractivity contribution in [2.24, 2.45) is 46.3 Å². The van der Waals surface area contributed by atoms with Crippen molar-refractivity contribution in [2.45, 2.75) is 78.9 Å². The van der Waals surface area contributed by atoms with Crippen LogP contribution in [0.3, 0.4) is 0 Å². The van der Waals surface area contributed by atoms with Crippen LogP contribution in [0, 0.1) is 46.3 Å². The van der Waals surface area contributed by atoms with E-state index in [1.165, 1.54) is 25.7 Å². The molecule has 1 N–H and O–H groups in total. The average molecular weight is 302 g/mol. The maximum Gasteiger partial charge on any atom is 0.295 e. The van der Waals surface area contributed by atoms with Crippen LogP contribution in [0.2, 0.25) is 11.6 Å². The first-order valence-corrected chi connectivity index (χ1v) is 9.83. The molecule has 0 radical (unpaired) electrons. The summed E-state index contributed by atoms with van der Waals surface area (Å²) in [5.74, 6) is 6.04. The van der Waals surface area contributed by atoms with Gasteiger partial charge in [0.15, 0.2) is 0 Å². The summed E-state index contributed by atoms with van der Waals surface area (Å²) in [6, 6.07) is 0. The molecule has 22 heavy (non-hydrogen) atoms. The third-order valence-electron chi connectivity index (χ3n) is 9.70. The molecular formula is C20H35BO. The SMILES string of the molecule is C[C@@H]1[C@H]2C[C@@H](C[C@H]1B(O)[C@@H]1C[C@@H]3C[C@H]([C@H]1C)C3(C)C)C2(C)C. The molecule has 0 aromatic carbocycles. The Labute approximate surface area is 137 Å². The Morgan fingerprint density at radius 2 is 1.09 bits per heavy atom. The summed E-state index contributed by atoms with van der Waals surface area (Å²) in [5, 5.41) is 11.3. The Kier molecular flexibility index (Phi) is 3.22. The second kappa shape index (κ2) is 4.55. The van der Waals surface area contributed by atoms with Crippen molar-refractivity contribution in [3.8, 4) is 0 Å². The normalized spacial score (nSPS) is 54.1. The molecule has 0 saturated heterocycles. The van der Waals surface area contributed by atoms with E-state index in [0.717, 1.165) is 23.7 Å². The van der Waals surface area contributed by atoms with E-state index in [0.29, 0.717) is 34.3 Å². The van der Waals surface area contributed by atoms with Gasteiger partial charge in [-0.15, -0.1) is 0 Å². The minimum atomic E-state index is -0.0344. The first-order chi connectivity index (χ1) is 10.2. The van der Waals surface area contributed by atoms with Crippen LogP contribution in [-0.2, 0) is 0 Å². The molecule has 0 spiro atoms. The van der Waals surface area contributed by atoms with E-state index in [-0.39, 0.29) is 6.92 Å². The predicted molar refractivity (Wildman–Crippen MR) is 93.8 cm³/mol. The summed E-state index contributed by atoms with van der Waals surface area (Å²) in [4.78, 5) is 0. The van der Waals surface area contributed by atoms with E-state index >= 15 is 0 Å². The van der Waals surface area contributed by atoms with Gasteiger partial charge in [-0.1, -0.05) is 54.4 Å². The molecule has 0 aromatic heterocycles. The highest BCUT2D eigenvalue weighted by Crippen LogP contribution is 2.69. The van der Waals surface area contributed by atoms with E-state index in [4.69, 9.17) is 0 Å². The van der Waals surface area contributed by atoms with Gasteiger partial charge in [-0.25, -0.2) is 0 Å². The fourth-order valence-corrected chi connectivity index (χ4v) is 7.60. The average Bonchev–Trinajstić information content (AvgIpc) is 2.45. The van der Waals surface area contributed by atoms with Crippen LogP contribution in [0.1, 0.15) is 67.2 Å². The van der Waals surface area contributed by atoms with Gasteiger partial charge >= 0.3 is 0 Å². The zero-order valence-electron chi connectivity index (χ0n) is 15.5. The number of hydrogen-bond acceptors (Lipinski definition) is 1. The Balaban J connectivity index is 1.49. The highest BCUT2D eigenvalue weighted by molar-refractivity contribution is 6.54. The van der Waals surface area contributed by atoms with Crippen molar-refractivity contribution in [3.05, 3.63) is 0 Å². The van der Waals surface area contributed by atoms with Gasteiger partial charge in [0.05, 0.1) is 0 Å². The third-order valence-corrected chi connectivity index (χ3v) is 9.70. The quantitative estimate of drug-likeness (QED) is 0.702. The highest BCUT2D eigenvalue weighted by Gasteiger charge is 2.62. The number of hydrogen-bond donors (Lipinski definition) is 1. The van der Waals surface area contributed by atoms with Crippen LogP contribution in [-0.4, -0.2) is 11.9 Å². The van der Waals surface area contributed by atoms with E-state index in [2.05, 4.69) is 41.5 Å². The molecule has 4 bridgehead atoms. The topological polar surface area (TPSA) is 20.2 Å². The molecule has 1 nitrogen and oxygen atoms in total. The van der Waals surface area contributed by atoms with Gasteiger partial charge in [0, 0.05) is 0 Å². The highest BCUT2D eigenvalue weighted by atomic mass is 16.2. The van der Waals surface area contributed by atoms with Crippen molar-refractivity contribution >= 4 is 6.92 Å². The Morgan fingerprint density at radius 3 is 1.36 bits per heavy atom. The zero-order valence-corrected chi connectivity index (χ0v) is 15.5. The predicted octanol–water partition coefficient (Wildman–Crippen LogP) is 5.11. The smallest absolute Gasteiger partial charge is 0.295 e. The summed E-state index contributed by atoms with van der Waals surface area (Å²) >= 11 is 0. The van der Waals surface area contributed by atoms with E-state index < -0.39 is 0 Å². The second-order valence-electron chi connectivity index (χ2n) is 10.7. The molecule has 2 heteroatoms. The molecule has 0 aliphatic heterocycles. The summed E-state index contributed by atoms with van der Waals surface area (Å²) in [6.07, 6.45) is 5.42. The second-order valence-corrected chi connectivity index (χ2v) is 10.7. The zero-order chi connectivity index (χ0) is 16.0. The minimum Gasteiger partial charge on any atom is -0.450 e. The molecule has 6 aliphatic rings. The van der Waals surface area contributed by atoms with Crippen LogP contribution in [0.15, 0.2) is 0 Å². The molecule has 6 rings (SSSR count). The largest absolute Gasteiger partial charge is 0.450 e. The molecule has 0 unspecified atom stereocenters. The lowest BCUT2D eigenvalue weighted by Crippen LogP contribution is -2.59. The summed E-state index contributed by atoms with van der Waals surface area (Å²) < 4.78 is 0. The van der Waals surface area contributed by atoms with Crippen molar-refractivity contribution in [2.75, 3.05) is 0 Å². The fraction of sp³-hybridized carbons (Fsp3) is 1.00. The van der Waals surface area contributed by atoms with Crippen LogP contribution in [0.25, 0.3) is 0 Å². The van der Waals surface area contributed by atoms with Crippen molar-refractivity contribution in [3.63, 3.8) is 0 Å². The van der Waals surface area contributed by atoms with Gasteiger partial charge in [-0.3, -0.25) is 0 Å². The molecule has 0 aromatic rings. The van der Waals surface area contributed by atoms with E-state index in [9.17, 15) is 5.02 Å². The molecule has 8 atom stereocenters. The third kappa shape index (κ3) is 1.77. The lowest BCUT2D eigenvalue weighted by atomic mass is 9.28. The molecule has 6 saturated carbocycles. The van der Waals surface area contributed by atoms with Crippen LogP contribution >= 0.6 is 0 Å². The minimum absolute atomic E-state index is 0.0344. The van der Waals surface area contributed by atoms with Crippen LogP contribution < -0.4 is 0 Å². The number of rotatable bonds is 2. The van der Waals surface area contributed by atoms with Crippen molar-refractivity contribution in [1.29, 1.82) is 0 Å². The van der Waals surface area contributed by atoms with Gasteiger partial charge in [-0.05, 0) is 70.8 Å². The van der Waals surface area contributed by atoms with E-state index in [1.807, 2.05) is 0 Å². The van der Waals surface area contributed by atoms with Gasteiger partial charge < -0.3 is 5.02 Å². The molecule has 6 aliphatic carbocycles. The summed E-state index contributed by atoms with van der Waals surface area (Å²) in [6.45, 7) is 14.7. The number of fused-ring (bicyclic) bond motifs is 4. The monoisotopic (exact) mass is 302 g/mol. The van der Waals surface area contributed by atoms with Gasteiger partial charge in [0.2, 0.25) is 0 Å². The maximum atomic E-state index is 11.3. The van der Waals surface area contributed by atoms with E-state index in [1.54, 1.807) is 0 Å². The van der Waals surface area contributed by atoms with Gasteiger partial charge in [0.25, 0.3) is 6.92 Å². The lowest BCUT2D eigenvalue weighted by molar-refractivity contribution is -0.110. The summed E-state index contributed by atoms with van der Waals surface area (Å²) in [7, 11) is 0. The van der Waals surface area contributed by atoms with Gasteiger partial charge in [0.1, 0.15) is 0 Å². The molecular weight excluding hydrogens is 267 g/mol. The maximum absolute atomic E-state index is 11.3. The standard InChI is InChI=1S/C20H35BO/c1-11-15-7-13(19(15,3)4)9-17(11)21(22)18-10-14-8-16(12(18)2)20(14,5)6/h11-18,22H,7-10H2,1-6H3/t11-,12-,13+,14+,15-,16-,17-,18-/m1/s1. The first-order valence-electron chi connectivity index (χ1n) is 9.83. The Bertz CT molecular complexity index is 428. The summed E-state index contributed by atoms with van der Waals surface area (Å²) in [5.41, 5.74) is 1.08. The van der Waals surface area contributed by atoms with Crippen molar-refractivity contribution < 1.29 is 5.02 Å².